The number of methoxy groups -OCH3 is 1. The van der Waals surface area contributed by atoms with Gasteiger partial charge in [0.05, 0.1) is 12.5 Å². The fourth-order valence-electron chi connectivity index (χ4n) is 3.88. The molecule has 0 spiro atoms. The summed E-state index contributed by atoms with van der Waals surface area (Å²) in [5.74, 6) is 1.82. The van der Waals surface area contributed by atoms with E-state index in [1.807, 2.05) is 38.1 Å². The van der Waals surface area contributed by atoms with Crippen molar-refractivity contribution < 1.29 is 14.3 Å². The van der Waals surface area contributed by atoms with Crippen LogP contribution in [-0.2, 0) is 9.53 Å². The Balaban J connectivity index is 1.63. The van der Waals surface area contributed by atoms with Gasteiger partial charge in [0, 0.05) is 31.0 Å². The van der Waals surface area contributed by atoms with Crippen LogP contribution in [0.25, 0.3) is 16.7 Å². The predicted molar refractivity (Wildman–Crippen MR) is 112 cm³/mol. The van der Waals surface area contributed by atoms with E-state index >= 15 is 0 Å². The number of benzene rings is 1. The summed E-state index contributed by atoms with van der Waals surface area (Å²) in [7, 11) is 1.65. The second-order valence-corrected chi connectivity index (χ2v) is 7.48. The zero-order valence-electron chi connectivity index (χ0n) is 17.1. The largest absolute Gasteiger partial charge is 0.497 e. The first-order chi connectivity index (χ1) is 14.1. The first kappa shape index (κ1) is 19.4. The maximum absolute atomic E-state index is 12.5. The van der Waals surface area contributed by atoms with Crippen molar-refractivity contribution in [3.05, 3.63) is 41.9 Å². The zero-order valence-corrected chi connectivity index (χ0v) is 17.1. The van der Waals surface area contributed by atoms with Gasteiger partial charge in [-0.2, -0.15) is 0 Å². The average molecular weight is 394 g/mol. The lowest BCUT2D eigenvalue weighted by molar-refractivity contribution is -0.116. The first-order valence-electron chi connectivity index (χ1n) is 9.93. The minimum absolute atomic E-state index is 0.0221. The number of nitrogens with one attached hydrogen (secondary N) is 1. The molecule has 3 aromatic rings. The van der Waals surface area contributed by atoms with Gasteiger partial charge in [-0.25, -0.2) is 9.97 Å². The number of hydrogen-bond acceptors (Lipinski definition) is 5. The predicted octanol–water partition coefficient (Wildman–Crippen LogP) is 3.80. The second kappa shape index (κ2) is 8.21. The standard InChI is InChI=1S/C22H26N4O3/c1-14-15(2)26(17-5-7-18(28-3)8-6-17)22-20(14)21(23-13-24-22)25-19(27)9-4-16-10-11-29-12-16/h5-8,13,16H,4,9-12H2,1-3H3,(H,23,24,25,27). The van der Waals surface area contributed by atoms with Crippen molar-refractivity contribution in [3.63, 3.8) is 0 Å². The Morgan fingerprint density at radius 2 is 2.07 bits per heavy atom. The molecule has 2 aromatic heterocycles. The van der Waals surface area contributed by atoms with E-state index in [0.717, 1.165) is 59.8 Å². The summed E-state index contributed by atoms with van der Waals surface area (Å²) in [5, 5.41) is 3.87. The number of anilines is 1. The molecule has 1 unspecified atom stereocenters. The van der Waals surface area contributed by atoms with E-state index < -0.39 is 0 Å². The van der Waals surface area contributed by atoms with Crippen molar-refractivity contribution in [1.82, 2.24) is 14.5 Å². The van der Waals surface area contributed by atoms with Gasteiger partial charge in [-0.15, -0.1) is 0 Å². The number of rotatable bonds is 6. The van der Waals surface area contributed by atoms with Crippen molar-refractivity contribution in [2.45, 2.75) is 33.1 Å². The van der Waals surface area contributed by atoms with Crippen molar-refractivity contribution in [3.8, 4) is 11.4 Å². The second-order valence-electron chi connectivity index (χ2n) is 7.48. The molecule has 1 atom stereocenters. The highest BCUT2D eigenvalue weighted by Gasteiger charge is 2.20. The lowest BCUT2D eigenvalue weighted by Gasteiger charge is -2.10. The van der Waals surface area contributed by atoms with Gasteiger partial charge in [-0.1, -0.05) is 0 Å². The van der Waals surface area contributed by atoms with E-state index in [1.165, 1.54) is 6.33 Å². The molecule has 0 saturated carbocycles. The van der Waals surface area contributed by atoms with E-state index in [-0.39, 0.29) is 5.91 Å². The molecule has 7 heteroatoms. The fourth-order valence-corrected chi connectivity index (χ4v) is 3.88. The maximum Gasteiger partial charge on any atom is 0.225 e. The number of amides is 1. The van der Waals surface area contributed by atoms with Crippen molar-refractivity contribution >= 4 is 22.8 Å². The van der Waals surface area contributed by atoms with Gasteiger partial charge in [0.2, 0.25) is 5.91 Å². The van der Waals surface area contributed by atoms with Crippen molar-refractivity contribution in [2.24, 2.45) is 5.92 Å². The molecule has 0 radical (unpaired) electrons. The van der Waals surface area contributed by atoms with Crippen LogP contribution in [0.3, 0.4) is 0 Å². The van der Waals surface area contributed by atoms with Crippen LogP contribution < -0.4 is 10.1 Å². The van der Waals surface area contributed by atoms with Crippen molar-refractivity contribution in [2.75, 3.05) is 25.6 Å². The molecular weight excluding hydrogens is 368 g/mol. The van der Waals surface area contributed by atoms with E-state index in [9.17, 15) is 4.79 Å². The van der Waals surface area contributed by atoms with E-state index in [4.69, 9.17) is 9.47 Å². The summed E-state index contributed by atoms with van der Waals surface area (Å²) in [5.41, 5.74) is 3.87. The summed E-state index contributed by atoms with van der Waals surface area (Å²) in [6, 6.07) is 7.84. The minimum Gasteiger partial charge on any atom is -0.497 e. The van der Waals surface area contributed by atoms with Crippen LogP contribution >= 0.6 is 0 Å². The van der Waals surface area contributed by atoms with Crippen LogP contribution in [0.2, 0.25) is 0 Å². The highest BCUT2D eigenvalue weighted by Crippen LogP contribution is 2.32. The van der Waals surface area contributed by atoms with Gasteiger partial charge in [0.1, 0.15) is 17.9 Å². The molecule has 0 aliphatic carbocycles. The number of aromatic nitrogens is 3. The summed E-state index contributed by atoms with van der Waals surface area (Å²) < 4.78 is 12.7. The Hall–Kier alpha value is -2.93. The SMILES string of the molecule is COc1ccc(-n2c(C)c(C)c3c(NC(=O)CCC4CCOC4)ncnc32)cc1. The van der Waals surface area contributed by atoms with Crippen LogP contribution in [0.1, 0.15) is 30.5 Å². The highest BCUT2D eigenvalue weighted by molar-refractivity contribution is 6.01. The summed E-state index contributed by atoms with van der Waals surface area (Å²) >= 11 is 0. The molecular formula is C22H26N4O3. The number of ether oxygens (including phenoxy) is 2. The maximum atomic E-state index is 12.5. The van der Waals surface area contributed by atoms with Crippen LogP contribution in [0.4, 0.5) is 5.82 Å². The smallest absolute Gasteiger partial charge is 0.225 e. The molecule has 1 aromatic carbocycles. The number of nitrogens with zero attached hydrogens (tertiary/aromatic N) is 3. The molecule has 0 bridgehead atoms. The Bertz CT molecular complexity index is 1020. The topological polar surface area (TPSA) is 78.3 Å². The Morgan fingerprint density at radius 1 is 1.28 bits per heavy atom. The van der Waals surface area contributed by atoms with Crippen LogP contribution in [0.15, 0.2) is 30.6 Å². The van der Waals surface area contributed by atoms with Gasteiger partial charge in [0.15, 0.2) is 5.65 Å². The van der Waals surface area contributed by atoms with Gasteiger partial charge in [0.25, 0.3) is 0 Å². The molecule has 152 valence electrons. The molecule has 1 aliphatic rings. The van der Waals surface area contributed by atoms with Crippen LogP contribution in [0.5, 0.6) is 5.75 Å². The van der Waals surface area contributed by atoms with E-state index in [1.54, 1.807) is 7.11 Å². The number of aryl methyl sites for hydroxylation is 1. The van der Waals surface area contributed by atoms with Gasteiger partial charge in [-0.3, -0.25) is 9.36 Å². The normalized spacial score (nSPS) is 16.3. The molecule has 3 heterocycles. The molecule has 1 amide bonds. The van der Waals surface area contributed by atoms with E-state index in [2.05, 4.69) is 19.9 Å². The average Bonchev–Trinajstić information content (AvgIpc) is 3.34. The van der Waals surface area contributed by atoms with Gasteiger partial charge >= 0.3 is 0 Å². The number of carbonyl (C=O) groups excluding carboxylic acids is 1. The highest BCUT2D eigenvalue weighted by atomic mass is 16.5. The molecule has 1 saturated heterocycles. The Morgan fingerprint density at radius 3 is 2.76 bits per heavy atom. The Labute approximate surface area is 170 Å². The quantitative estimate of drug-likeness (QED) is 0.688. The Kier molecular flexibility index (Phi) is 5.49. The van der Waals surface area contributed by atoms with Crippen molar-refractivity contribution in [1.29, 1.82) is 0 Å². The minimum atomic E-state index is -0.0221. The fraction of sp³-hybridized carbons (Fsp3) is 0.409. The number of fused-ring (bicyclic) bond motifs is 1. The molecule has 7 nitrogen and oxygen atoms in total. The molecule has 1 N–H and O–H groups in total. The molecule has 1 fully saturated rings. The third-order valence-electron chi connectivity index (χ3n) is 5.68. The zero-order chi connectivity index (χ0) is 20.4. The lowest BCUT2D eigenvalue weighted by Crippen LogP contribution is -2.15. The van der Waals surface area contributed by atoms with Crippen LogP contribution in [0, 0.1) is 19.8 Å². The molecule has 29 heavy (non-hydrogen) atoms. The molecule has 4 rings (SSSR count). The monoisotopic (exact) mass is 394 g/mol. The van der Waals surface area contributed by atoms with Gasteiger partial charge in [-0.05, 0) is 62.4 Å². The van der Waals surface area contributed by atoms with Gasteiger partial charge < -0.3 is 14.8 Å². The van der Waals surface area contributed by atoms with Crippen LogP contribution in [-0.4, -0.2) is 40.8 Å². The number of carbonyl (C=O) groups is 1. The summed E-state index contributed by atoms with van der Waals surface area (Å²) in [4.78, 5) is 21.4. The summed E-state index contributed by atoms with van der Waals surface area (Å²) in [6.07, 6.45) is 3.84. The third-order valence-corrected chi connectivity index (χ3v) is 5.68. The first-order valence-corrected chi connectivity index (χ1v) is 9.93. The number of hydrogen-bond donors (Lipinski definition) is 1. The third kappa shape index (κ3) is 3.82. The lowest BCUT2D eigenvalue weighted by atomic mass is 10.0. The summed E-state index contributed by atoms with van der Waals surface area (Å²) in [6.45, 7) is 5.64. The van der Waals surface area contributed by atoms with E-state index in [0.29, 0.717) is 18.2 Å². The molecule has 1 aliphatic heterocycles.